The quantitative estimate of drug-likeness (QED) is 0.690. The van der Waals surface area contributed by atoms with Crippen molar-refractivity contribution in [1.82, 2.24) is 9.80 Å². The standard InChI is InChI=1S/C22H27ClF2N2O2/c1-26(2)12-16-3-5-17(6-4-16)18-9-19(23)11-21(10-18)29-14-20(28)13-27-8-7-22(24,25)15-27/h3-6,9-11,20,28H,7-8,12-15H2,1-2H3. The maximum Gasteiger partial charge on any atom is 0.261 e. The van der Waals surface area contributed by atoms with Crippen LogP contribution in [0.2, 0.25) is 5.02 Å². The van der Waals surface area contributed by atoms with Crippen molar-refractivity contribution in [2.45, 2.75) is 25.0 Å². The van der Waals surface area contributed by atoms with Crippen LogP contribution in [0.1, 0.15) is 12.0 Å². The van der Waals surface area contributed by atoms with E-state index in [0.717, 1.165) is 17.7 Å². The van der Waals surface area contributed by atoms with E-state index in [1.165, 1.54) is 5.56 Å². The maximum absolute atomic E-state index is 13.3. The van der Waals surface area contributed by atoms with Crippen molar-refractivity contribution in [3.8, 4) is 16.9 Å². The number of hydrogen-bond acceptors (Lipinski definition) is 4. The van der Waals surface area contributed by atoms with Gasteiger partial charge in [-0.2, -0.15) is 0 Å². The van der Waals surface area contributed by atoms with Gasteiger partial charge in [-0.05, 0) is 49.0 Å². The molecule has 0 saturated carbocycles. The van der Waals surface area contributed by atoms with Crippen LogP contribution < -0.4 is 4.74 Å². The van der Waals surface area contributed by atoms with Crippen molar-refractivity contribution >= 4 is 11.6 Å². The van der Waals surface area contributed by atoms with Crippen LogP contribution in [-0.4, -0.2) is 67.3 Å². The van der Waals surface area contributed by atoms with Gasteiger partial charge in [-0.1, -0.05) is 35.9 Å². The molecule has 1 unspecified atom stereocenters. The van der Waals surface area contributed by atoms with Crippen molar-refractivity contribution in [1.29, 1.82) is 0 Å². The van der Waals surface area contributed by atoms with Crippen LogP contribution in [0.25, 0.3) is 11.1 Å². The second-order valence-corrected chi connectivity index (χ2v) is 8.35. The number of β-amino-alcohol motifs (C(OH)–C–C–N with tert-alkyl or cyclic N) is 1. The number of aliphatic hydroxyl groups excluding tert-OH is 1. The number of ether oxygens (including phenoxy) is 1. The number of nitrogens with zero attached hydrogens (tertiary/aromatic N) is 2. The second-order valence-electron chi connectivity index (χ2n) is 7.92. The fraction of sp³-hybridized carbons (Fsp3) is 0.455. The number of likely N-dealkylation sites (tertiary alicyclic amines) is 1. The van der Waals surface area contributed by atoms with E-state index in [1.54, 1.807) is 11.0 Å². The van der Waals surface area contributed by atoms with E-state index in [-0.39, 0.29) is 32.7 Å². The summed E-state index contributed by atoms with van der Waals surface area (Å²) in [5.41, 5.74) is 3.14. The molecule has 3 rings (SSSR count). The Balaban J connectivity index is 1.60. The fourth-order valence-corrected chi connectivity index (χ4v) is 3.71. The third-order valence-electron chi connectivity index (χ3n) is 4.82. The first-order valence-electron chi connectivity index (χ1n) is 9.66. The largest absolute Gasteiger partial charge is 0.491 e. The van der Waals surface area contributed by atoms with Crippen molar-refractivity contribution in [3.63, 3.8) is 0 Å². The Morgan fingerprint density at radius 2 is 1.90 bits per heavy atom. The third-order valence-corrected chi connectivity index (χ3v) is 5.04. The number of hydrogen-bond donors (Lipinski definition) is 1. The Morgan fingerprint density at radius 1 is 1.17 bits per heavy atom. The Hall–Kier alpha value is -1.73. The highest BCUT2D eigenvalue weighted by Crippen LogP contribution is 2.29. The molecule has 1 atom stereocenters. The molecule has 1 saturated heterocycles. The van der Waals surface area contributed by atoms with Crippen LogP contribution in [0.4, 0.5) is 8.78 Å². The molecule has 0 radical (unpaired) electrons. The normalized spacial score (nSPS) is 17.6. The van der Waals surface area contributed by atoms with Crippen LogP contribution in [0.3, 0.4) is 0 Å². The molecule has 1 heterocycles. The molecule has 2 aromatic rings. The summed E-state index contributed by atoms with van der Waals surface area (Å²) < 4.78 is 32.2. The summed E-state index contributed by atoms with van der Waals surface area (Å²) in [4.78, 5) is 3.67. The molecular formula is C22H27ClF2N2O2. The van der Waals surface area contributed by atoms with Gasteiger partial charge in [-0.25, -0.2) is 8.78 Å². The Labute approximate surface area is 175 Å². The molecule has 0 spiro atoms. The molecule has 4 nitrogen and oxygen atoms in total. The molecule has 7 heteroatoms. The molecule has 158 valence electrons. The molecule has 1 aliphatic rings. The van der Waals surface area contributed by atoms with Crippen LogP contribution in [0.5, 0.6) is 5.75 Å². The van der Waals surface area contributed by atoms with Gasteiger partial charge in [0.25, 0.3) is 5.92 Å². The predicted molar refractivity (Wildman–Crippen MR) is 112 cm³/mol. The van der Waals surface area contributed by atoms with E-state index in [0.29, 0.717) is 10.8 Å². The highest BCUT2D eigenvalue weighted by Gasteiger charge is 2.38. The maximum atomic E-state index is 13.3. The highest BCUT2D eigenvalue weighted by molar-refractivity contribution is 6.31. The third kappa shape index (κ3) is 6.64. The average molecular weight is 425 g/mol. The van der Waals surface area contributed by atoms with Crippen LogP contribution in [-0.2, 0) is 6.54 Å². The van der Waals surface area contributed by atoms with Gasteiger partial charge < -0.3 is 14.7 Å². The van der Waals surface area contributed by atoms with Gasteiger partial charge in [0.1, 0.15) is 18.5 Å². The second kappa shape index (κ2) is 9.39. The molecule has 1 aliphatic heterocycles. The van der Waals surface area contributed by atoms with E-state index in [4.69, 9.17) is 16.3 Å². The molecule has 0 bridgehead atoms. The molecule has 0 amide bonds. The first kappa shape index (κ1) is 22.0. The monoisotopic (exact) mass is 424 g/mol. The molecule has 1 N–H and O–H groups in total. The number of aliphatic hydroxyl groups is 1. The Kier molecular flexibility index (Phi) is 7.11. The van der Waals surface area contributed by atoms with E-state index >= 15 is 0 Å². The molecule has 0 aliphatic carbocycles. The molecule has 0 aromatic heterocycles. The van der Waals surface area contributed by atoms with E-state index in [2.05, 4.69) is 17.0 Å². The van der Waals surface area contributed by atoms with Crippen LogP contribution >= 0.6 is 11.6 Å². The zero-order valence-electron chi connectivity index (χ0n) is 16.7. The molecule has 1 fully saturated rings. The molecule has 29 heavy (non-hydrogen) atoms. The summed E-state index contributed by atoms with van der Waals surface area (Å²) in [6.45, 7) is 1.02. The van der Waals surface area contributed by atoms with Gasteiger partial charge in [-0.15, -0.1) is 0 Å². The minimum atomic E-state index is -2.66. The van der Waals surface area contributed by atoms with E-state index in [9.17, 15) is 13.9 Å². The van der Waals surface area contributed by atoms with Crippen molar-refractivity contribution in [2.75, 3.05) is 40.3 Å². The molecular weight excluding hydrogens is 398 g/mol. The van der Waals surface area contributed by atoms with Gasteiger partial charge in [0.2, 0.25) is 0 Å². The minimum absolute atomic E-state index is 0.0175. The topological polar surface area (TPSA) is 35.9 Å². The first-order valence-corrected chi connectivity index (χ1v) is 10.0. The summed E-state index contributed by atoms with van der Waals surface area (Å²) in [6, 6.07) is 13.6. The van der Waals surface area contributed by atoms with Crippen LogP contribution in [0.15, 0.2) is 42.5 Å². The Morgan fingerprint density at radius 3 is 2.52 bits per heavy atom. The number of alkyl halides is 2. The van der Waals surface area contributed by atoms with Crippen LogP contribution in [0, 0.1) is 0 Å². The number of rotatable bonds is 8. The van der Waals surface area contributed by atoms with Crippen molar-refractivity contribution < 1.29 is 18.6 Å². The summed E-state index contributed by atoms with van der Waals surface area (Å²) in [5, 5.41) is 10.7. The summed E-state index contributed by atoms with van der Waals surface area (Å²) in [6.07, 6.45) is -1.01. The predicted octanol–water partition coefficient (Wildman–Crippen LogP) is 4.15. The summed E-state index contributed by atoms with van der Waals surface area (Å²) in [7, 11) is 4.05. The lowest BCUT2D eigenvalue weighted by Gasteiger charge is -2.20. The highest BCUT2D eigenvalue weighted by atomic mass is 35.5. The minimum Gasteiger partial charge on any atom is -0.491 e. The van der Waals surface area contributed by atoms with E-state index < -0.39 is 12.0 Å². The lowest BCUT2D eigenvalue weighted by molar-refractivity contribution is 0.00461. The van der Waals surface area contributed by atoms with E-state index in [1.807, 2.05) is 38.4 Å². The SMILES string of the molecule is CN(C)Cc1ccc(-c2cc(Cl)cc(OCC(O)CN3CCC(F)(F)C3)c2)cc1. The Bertz CT molecular complexity index is 815. The summed E-state index contributed by atoms with van der Waals surface area (Å²) in [5.74, 6) is -2.12. The molecule has 2 aromatic carbocycles. The first-order chi connectivity index (χ1) is 13.7. The zero-order valence-corrected chi connectivity index (χ0v) is 17.5. The van der Waals surface area contributed by atoms with Gasteiger partial charge in [0, 0.05) is 31.1 Å². The van der Waals surface area contributed by atoms with Gasteiger partial charge >= 0.3 is 0 Å². The smallest absolute Gasteiger partial charge is 0.261 e. The lowest BCUT2D eigenvalue weighted by atomic mass is 10.0. The number of benzene rings is 2. The fourth-order valence-electron chi connectivity index (χ4n) is 3.49. The van der Waals surface area contributed by atoms with Gasteiger partial charge in [0.05, 0.1) is 6.54 Å². The van der Waals surface area contributed by atoms with Crippen molar-refractivity contribution in [2.24, 2.45) is 0 Å². The zero-order chi connectivity index (χ0) is 21.0. The van der Waals surface area contributed by atoms with Gasteiger partial charge in [-0.3, -0.25) is 4.90 Å². The van der Waals surface area contributed by atoms with Gasteiger partial charge in [0.15, 0.2) is 0 Å². The van der Waals surface area contributed by atoms with Crippen molar-refractivity contribution in [3.05, 3.63) is 53.1 Å². The lowest BCUT2D eigenvalue weighted by Crippen LogP contribution is -2.35. The summed E-state index contributed by atoms with van der Waals surface area (Å²) >= 11 is 6.24. The average Bonchev–Trinajstić information content (AvgIpc) is 2.98. The number of halogens is 3.